The van der Waals surface area contributed by atoms with Crippen molar-refractivity contribution in [3.63, 3.8) is 0 Å². The van der Waals surface area contributed by atoms with Crippen LogP contribution in [0.2, 0.25) is 0 Å². The molecule has 0 bridgehead atoms. The number of ether oxygens (including phenoxy) is 1. The van der Waals surface area contributed by atoms with E-state index in [4.69, 9.17) is 4.74 Å². The number of rotatable bonds is 7. The summed E-state index contributed by atoms with van der Waals surface area (Å²) in [6.45, 7) is 8.97. The van der Waals surface area contributed by atoms with Crippen molar-refractivity contribution in [1.29, 1.82) is 0 Å². The molecule has 86 valence electrons. The van der Waals surface area contributed by atoms with E-state index in [0.29, 0.717) is 0 Å². The Hall–Kier alpha value is 0.1000. The predicted molar refractivity (Wildman–Crippen MR) is 69.5 cm³/mol. The molecule has 4 heteroatoms. The fourth-order valence-corrected chi connectivity index (χ4v) is 2.87. The average molecular weight is 292 g/mol. The van der Waals surface area contributed by atoms with Crippen molar-refractivity contribution >= 4 is 27.3 Å². The molecule has 0 radical (unpaired) electrons. The quantitative estimate of drug-likeness (QED) is 0.714. The maximum Gasteiger partial charge on any atom is 0.0701 e. The van der Waals surface area contributed by atoms with Gasteiger partial charge in [0.15, 0.2) is 0 Å². The van der Waals surface area contributed by atoms with Crippen molar-refractivity contribution in [2.24, 2.45) is 0 Å². The van der Waals surface area contributed by atoms with Crippen LogP contribution in [0.1, 0.15) is 18.7 Å². The Morgan fingerprint density at radius 3 is 2.73 bits per heavy atom. The predicted octanol–water partition coefficient (Wildman–Crippen LogP) is 3.37. The first-order valence-electron chi connectivity index (χ1n) is 5.30. The third-order valence-corrected chi connectivity index (χ3v) is 3.82. The van der Waals surface area contributed by atoms with E-state index in [1.165, 1.54) is 8.66 Å². The van der Waals surface area contributed by atoms with Crippen molar-refractivity contribution < 1.29 is 4.74 Å². The van der Waals surface area contributed by atoms with Crippen molar-refractivity contribution in [1.82, 2.24) is 4.90 Å². The van der Waals surface area contributed by atoms with Crippen LogP contribution in [0.25, 0.3) is 0 Å². The van der Waals surface area contributed by atoms with Gasteiger partial charge in [-0.05, 0) is 41.5 Å². The molecule has 0 aliphatic rings. The minimum absolute atomic E-state index is 0.808. The van der Waals surface area contributed by atoms with Crippen LogP contribution in [0.4, 0.5) is 0 Å². The molecule has 0 saturated heterocycles. The van der Waals surface area contributed by atoms with Crippen molar-refractivity contribution in [3.8, 4) is 0 Å². The third kappa shape index (κ3) is 5.11. The van der Waals surface area contributed by atoms with Gasteiger partial charge in [0, 0.05) is 24.6 Å². The van der Waals surface area contributed by atoms with Crippen LogP contribution in [0.5, 0.6) is 0 Å². The van der Waals surface area contributed by atoms with Crippen LogP contribution in [0.15, 0.2) is 15.9 Å². The number of thiophene rings is 1. The number of halogens is 1. The van der Waals surface area contributed by atoms with Gasteiger partial charge in [-0.3, -0.25) is 4.90 Å². The maximum absolute atomic E-state index is 5.36. The molecule has 0 spiro atoms. The molecule has 15 heavy (non-hydrogen) atoms. The van der Waals surface area contributed by atoms with Gasteiger partial charge in [-0.15, -0.1) is 11.3 Å². The van der Waals surface area contributed by atoms with Crippen LogP contribution in [-0.2, 0) is 11.3 Å². The molecule has 1 aromatic heterocycles. The zero-order valence-electron chi connectivity index (χ0n) is 9.33. The molecule has 2 nitrogen and oxygen atoms in total. The van der Waals surface area contributed by atoms with E-state index < -0.39 is 0 Å². The second-order valence-corrected chi connectivity index (χ2v) is 5.82. The summed E-state index contributed by atoms with van der Waals surface area (Å²) in [6, 6.07) is 4.29. The first-order chi connectivity index (χ1) is 7.26. The highest BCUT2D eigenvalue weighted by molar-refractivity contribution is 9.11. The Bertz CT molecular complexity index is 277. The highest BCUT2D eigenvalue weighted by Crippen LogP contribution is 2.23. The van der Waals surface area contributed by atoms with Gasteiger partial charge in [0.05, 0.1) is 10.4 Å². The summed E-state index contributed by atoms with van der Waals surface area (Å²) in [5.74, 6) is 0. The summed E-state index contributed by atoms with van der Waals surface area (Å²) in [4.78, 5) is 3.80. The van der Waals surface area contributed by atoms with Gasteiger partial charge < -0.3 is 4.74 Å². The lowest BCUT2D eigenvalue weighted by molar-refractivity contribution is 0.113. The van der Waals surface area contributed by atoms with Gasteiger partial charge >= 0.3 is 0 Å². The van der Waals surface area contributed by atoms with E-state index in [1.54, 1.807) is 11.3 Å². The summed E-state index contributed by atoms with van der Waals surface area (Å²) in [5, 5.41) is 0. The van der Waals surface area contributed by atoms with Gasteiger partial charge in [-0.2, -0.15) is 0 Å². The van der Waals surface area contributed by atoms with E-state index in [2.05, 4.69) is 39.9 Å². The van der Waals surface area contributed by atoms with E-state index in [0.717, 1.165) is 32.8 Å². The Balaban J connectivity index is 2.33. The molecule has 0 fully saturated rings. The third-order valence-electron chi connectivity index (χ3n) is 2.21. The van der Waals surface area contributed by atoms with Gasteiger partial charge in [0.2, 0.25) is 0 Å². The average Bonchev–Trinajstić information content (AvgIpc) is 2.63. The second kappa shape index (κ2) is 7.39. The number of hydrogen-bond donors (Lipinski definition) is 0. The van der Waals surface area contributed by atoms with Gasteiger partial charge in [0.1, 0.15) is 0 Å². The summed E-state index contributed by atoms with van der Waals surface area (Å²) in [6.07, 6.45) is 0. The SMILES string of the molecule is CCOCCN(CC)Cc1ccc(Br)s1. The molecule has 1 heterocycles. The largest absolute Gasteiger partial charge is 0.380 e. The lowest BCUT2D eigenvalue weighted by Crippen LogP contribution is -2.26. The second-order valence-electron chi connectivity index (χ2n) is 3.27. The van der Waals surface area contributed by atoms with E-state index in [9.17, 15) is 0 Å². The fourth-order valence-electron chi connectivity index (χ4n) is 1.34. The summed E-state index contributed by atoms with van der Waals surface area (Å²) >= 11 is 5.29. The number of hydrogen-bond acceptors (Lipinski definition) is 3. The molecule has 0 aromatic carbocycles. The van der Waals surface area contributed by atoms with Gasteiger partial charge in [0.25, 0.3) is 0 Å². The standard InChI is InChI=1S/C11H18BrNOS/c1-3-13(7-8-14-4-2)9-10-5-6-11(12)15-10/h5-6H,3-4,7-9H2,1-2H3. The first-order valence-corrected chi connectivity index (χ1v) is 6.91. The smallest absolute Gasteiger partial charge is 0.0701 e. The zero-order chi connectivity index (χ0) is 11.1. The minimum Gasteiger partial charge on any atom is -0.380 e. The molecule has 0 saturated carbocycles. The van der Waals surface area contributed by atoms with Crippen LogP contribution < -0.4 is 0 Å². The summed E-state index contributed by atoms with van der Waals surface area (Å²) in [7, 11) is 0. The van der Waals surface area contributed by atoms with Gasteiger partial charge in [-0.1, -0.05) is 6.92 Å². The monoisotopic (exact) mass is 291 g/mol. The molecular weight excluding hydrogens is 274 g/mol. The van der Waals surface area contributed by atoms with Crippen molar-refractivity contribution in [2.45, 2.75) is 20.4 Å². The molecular formula is C11H18BrNOS. The number of nitrogens with zero attached hydrogens (tertiary/aromatic N) is 1. The van der Waals surface area contributed by atoms with Crippen molar-refractivity contribution in [3.05, 3.63) is 20.8 Å². The zero-order valence-corrected chi connectivity index (χ0v) is 11.7. The highest BCUT2D eigenvalue weighted by Gasteiger charge is 2.05. The molecule has 0 amide bonds. The van der Waals surface area contributed by atoms with E-state index >= 15 is 0 Å². The molecule has 1 rings (SSSR count). The first kappa shape index (κ1) is 13.2. The van der Waals surface area contributed by atoms with Crippen LogP contribution in [0.3, 0.4) is 0 Å². The Morgan fingerprint density at radius 2 is 2.20 bits per heavy atom. The molecule has 0 aliphatic carbocycles. The highest BCUT2D eigenvalue weighted by atomic mass is 79.9. The molecule has 0 atom stereocenters. The summed E-state index contributed by atoms with van der Waals surface area (Å²) in [5.41, 5.74) is 0. The summed E-state index contributed by atoms with van der Waals surface area (Å²) < 4.78 is 6.57. The van der Waals surface area contributed by atoms with E-state index in [1.807, 2.05) is 6.92 Å². The van der Waals surface area contributed by atoms with Gasteiger partial charge in [-0.25, -0.2) is 0 Å². The molecule has 0 unspecified atom stereocenters. The van der Waals surface area contributed by atoms with Crippen LogP contribution in [0, 0.1) is 0 Å². The lowest BCUT2D eigenvalue weighted by atomic mass is 10.4. The molecule has 0 N–H and O–H groups in total. The minimum atomic E-state index is 0.808. The van der Waals surface area contributed by atoms with Crippen LogP contribution >= 0.6 is 27.3 Å². The number of likely N-dealkylation sites (N-methyl/N-ethyl adjacent to an activating group) is 1. The Labute approximate surface area is 104 Å². The maximum atomic E-state index is 5.36. The Morgan fingerprint density at radius 1 is 1.40 bits per heavy atom. The van der Waals surface area contributed by atoms with Crippen molar-refractivity contribution in [2.75, 3.05) is 26.3 Å². The molecule has 1 aromatic rings. The Kier molecular flexibility index (Phi) is 6.48. The molecule has 0 aliphatic heterocycles. The normalized spacial score (nSPS) is 11.2. The fraction of sp³-hybridized carbons (Fsp3) is 0.636. The topological polar surface area (TPSA) is 12.5 Å². The van der Waals surface area contributed by atoms with E-state index in [-0.39, 0.29) is 0 Å². The van der Waals surface area contributed by atoms with Crippen LogP contribution in [-0.4, -0.2) is 31.2 Å². The lowest BCUT2D eigenvalue weighted by Gasteiger charge is -2.19.